The standard InChI is InChI=1S/C19H20ClNO4/c1-11-10-25-16(9-17(22)23)18(11)19(24)21(13-7-8-13)12(2)14-5-3-4-6-15(14)20/h3-6,10,12-13H,7-9H2,1-2H3,(H,22,23). The van der Waals surface area contributed by atoms with Crippen LogP contribution in [0.3, 0.4) is 0 Å². The number of aliphatic carboxylic acids is 1. The largest absolute Gasteiger partial charge is 0.481 e. The fourth-order valence-corrected chi connectivity index (χ4v) is 3.45. The second-order valence-electron chi connectivity index (χ2n) is 6.43. The Labute approximate surface area is 151 Å². The molecule has 0 aliphatic heterocycles. The number of hydrogen-bond donors (Lipinski definition) is 1. The number of carbonyl (C=O) groups is 2. The van der Waals surface area contributed by atoms with Gasteiger partial charge in [0.05, 0.1) is 17.9 Å². The Bertz CT molecular complexity index is 810. The third kappa shape index (κ3) is 3.56. The molecule has 1 heterocycles. The molecule has 1 aromatic heterocycles. The molecule has 1 amide bonds. The molecule has 1 atom stereocenters. The first-order chi connectivity index (χ1) is 11.9. The van der Waals surface area contributed by atoms with E-state index in [-0.39, 0.29) is 30.2 Å². The number of carboxylic acids is 1. The zero-order valence-corrected chi connectivity index (χ0v) is 14.9. The quantitative estimate of drug-likeness (QED) is 0.835. The van der Waals surface area contributed by atoms with E-state index in [0.29, 0.717) is 16.1 Å². The van der Waals surface area contributed by atoms with Crippen molar-refractivity contribution in [3.63, 3.8) is 0 Å². The van der Waals surface area contributed by atoms with Gasteiger partial charge in [0, 0.05) is 16.6 Å². The molecule has 0 saturated heterocycles. The number of furan rings is 1. The van der Waals surface area contributed by atoms with Gasteiger partial charge in [-0.15, -0.1) is 0 Å². The van der Waals surface area contributed by atoms with Gasteiger partial charge in [-0.2, -0.15) is 0 Å². The van der Waals surface area contributed by atoms with Gasteiger partial charge in [0.25, 0.3) is 5.91 Å². The predicted molar refractivity (Wildman–Crippen MR) is 93.8 cm³/mol. The van der Waals surface area contributed by atoms with E-state index in [0.717, 1.165) is 18.4 Å². The van der Waals surface area contributed by atoms with Crippen molar-refractivity contribution in [2.24, 2.45) is 0 Å². The highest BCUT2D eigenvalue weighted by Crippen LogP contribution is 2.38. The molecule has 1 N–H and O–H groups in total. The first-order valence-corrected chi connectivity index (χ1v) is 8.63. The second kappa shape index (κ2) is 6.92. The summed E-state index contributed by atoms with van der Waals surface area (Å²) >= 11 is 6.32. The van der Waals surface area contributed by atoms with Crippen LogP contribution in [0.25, 0.3) is 0 Å². The van der Waals surface area contributed by atoms with Crippen molar-refractivity contribution in [3.8, 4) is 0 Å². The van der Waals surface area contributed by atoms with Crippen LogP contribution in [0.5, 0.6) is 0 Å². The van der Waals surface area contributed by atoms with Crippen LogP contribution >= 0.6 is 11.6 Å². The van der Waals surface area contributed by atoms with Crippen molar-refractivity contribution in [1.29, 1.82) is 0 Å². The summed E-state index contributed by atoms with van der Waals surface area (Å²) in [5.74, 6) is -1.02. The summed E-state index contributed by atoms with van der Waals surface area (Å²) in [6, 6.07) is 7.41. The minimum atomic E-state index is -1.03. The Hall–Kier alpha value is -2.27. The number of nitrogens with zero attached hydrogens (tertiary/aromatic N) is 1. The third-order valence-electron chi connectivity index (χ3n) is 4.52. The molecule has 3 rings (SSSR count). The molecule has 1 aromatic carbocycles. The lowest BCUT2D eigenvalue weighted by molar-refractivity contribution is -0.136. The van der Waals surface area contributed by atoms with Crippen molar-refractivity contribution in [2.45, 2.75) is 45.2 Å². The number of aryl methyl sites for hydroxylation is 1. The second-order valence-corrected chi connectivity index (χ2v) is 6.84. The third-order valence-corrected chi connectivity index (χ3v) is 4.87. The van der Waals surface area contributed by atoms with Crippen molar-refractivity contribution in [2.75, 3.05) is 0 Å². The Morgan fingerprint density at radius 1 is 1.36 bits per heavy atom. The summed E-state index contributed by atoms with van der Waals surface area (Å²) in [6.45, 7) is 3.71. The van der Waals surface area contributed by atoms with E-state index in [1.165, 1.54) is 6.26 Å². The summed E-state index contributed by atoms with van der Waals surface area (Å²) < 4.78 is 5.33. The molecule has 1 unspecified atom stereocenters. The molecule has 1 saturated carbocycles. The summed E-state index contributed by atoms with van der Waals surface area (Å²) in [7, 11) is 0. The maximum absolute atomic E-state index is 13.3. The fraction of sp³-hybridized carbons (Fsp3) is 0.368. The van der Waals surface area contributed by atoms with E-state index in [1.807, 2.05) is 36.1 Å². The van der Waals surface area contributed by atoms with E-state index in [1.54, 1.807) is 6.92 Å². The number of benzene rings is 1. The van der Waals surface area contributed by atoms with Gasteiger partial charge in [0.2, 0.25) is 0 Å². The average Bonchev–Trinajstić information content (AvgIpc) is 3.31. The summed E-state index contributed by atoms with van der Waals surface area (Å²) in [5.41, 5.74) is 1.89. The van der Waals surface area contributed by atoms with Crippen molar-refractivity contribution >= 4 is 23.5 Å². The first kappa shape index (κ1) is 17.5. The normalized spacial score (nSPS) is 15.0. The summed E-state index contributed by atoms with van der Waals surface area (Å²) in [4.78, 5) is 26.1. The minimum Gasteiger partial charge on any atom is -0.481 e. The molecule has 132 valence electrons. The van der Waals surface area contributed by atoms with Crippen LogP contribution < -0.4 is 0 Å². The smallest absolute Gasteiger partial charge is 0.311 e. The molecule has 1 aliphatic carbocycles. The maximum Gasteiger partial charge on any atom is 0.311 e. The van der Waals surface area contributed by atoms with E-state index in [9.17, 15) is 9.59 Å². The van der Waals surface area contributed by atoms with Crippen molar-refractivity contribution in [3.05, 3.63) is 58.0 Å². The van der Waals surface area contributed by atoms with Crippen LogP contribution in [0.15, 0.2) is 34.9 Å². The lowest BCUT2D eigenvalue weighted by Gasteiger charge is -2.30. The zero-order chi connectivity index (χ0) is 18.1. The number of rotatable bonds is 6. The Kier molecular flexibility index (Phi) is 4.86. The number of amides is 1. The Morgan fingerprint density at radius 2 is 2.04 bits per heavy atom. The van der Waals surface area contributed by atoms with Crippen LogP contribution in [-0.2, 0) is 11.2 Å². The zero-order valence-electron chi connectivity index (χ0n) is 14.2. The molecule has 1 aliphatic rings. The average molecular weight is 362 g/mol. The van der Waals surface area contributed by atoms with E-state index in [2.05, 4.69) is 0 Å². The SMILES string of the molecule is Cc1coc(CC(=O)O)c1C(=O)N(C1CC1)C(C)c1ccccc1Cl. The molecule has 25 heavy (non-hydrogen) atoms. The maximum atomic E-state index is 13.3. The highest BCUT2D eigenvalue weighted by Gasteiger charge is 2.39. The van der Waals surface area contributed by atoms with Crippen LogP contribution in [0.1, 0.15) is 53.1 Å². The Morgan fingerprint density at radius 3 is 2.64 bits per heavy atom. The highest BCUT2D eigenvalue weighted by atomic mass is 35.5. The molecular weight excluding hydrogens is 342 g/mol. The van der Waals surface area contributed by atoms with Crippen LogP contribution in [0.2, 0.25) is 5.02 Å². The number of halogens is 1. The van der Waals surface area contributed by atoms with Crippen LogP contribution in [0.4, 0.5) is 0 Å². The van der Waals surface area contributed by atoms with Gasteiger partial charge in [-0.05, 0) is 38.3 Å². The molecule has 0 spiro atoms. The lowest BCUT2D eigenvalue weighted by Crippen LogP contribution is -2.36. The van der Waals surface area contributed by atoms with Crippen LogP contribution in [0, 0.1) is 6.92 Å². The highest BCUT2D eigenvalue weighted by molar-refractivity contribution is 6.31. The minimum absolute atomic E-state index is 0.144. The molecule has 6 heteroatoms. The van der Waals surface area contributed by atoms with Gasteiger partial charge in [0.1, 0.15) is 12.2 Å². The molecule has 5 nitrogen and oxygen atoms in total. The number of hydrogen-bond acceptors (Lipinski definition) is 3. The predicted octanol–water partition coefficient (Wildman–Crippen LogP) is 4.23. The molecule has 2 aromatic rings. The van der Waals surface area contributed by atoms with Gasteiger partial charge in [-0.1, -0.05) is 29.8 Å². The van der Waals surface area contributed by atoms with E-state index < -0.39 is 5.97 Å². The molecule has 0 radical (unpaired) electrons. The lowest BCUT2D eigenvalue weighted by atomic mass is 10.0. The van der Waals surface area contributed by atoms with Gasteiger partial charge >= 0.3 is 5.97 Å². The van der Waals surface area contributed by atoms with E-state index in [4.69, 9.17) is 21.1 Å². The molecule has 0 bridgehead atoms. The summed E-state index contributed by atoms with van der Waals surface area (Å²) in [5, 5.41) is 9.68. The van der Waals surface area contributed by atoms with Gasteiger partial charge in [-0.3, -0.25) is 9.59 Å². The molecular formula is C19H20ClNO4. The van der Waals surface area contributed by atoms with Crippen molar-refractivity contribution < 1.29 is 19.1 Å². The first-order valence-electron chi connectivity index (χ1n) is 8.26. The number of carbonyl (C=O) groups excluding carboxylic acids is 1. The van der Waals surface area contributed by atoms with Crippen molar-refractivity contribution in [1.82, 2.24) is 4.90 Å². The summed E-state index contributed by atoms with van der Waals surface area (Å²) in [6.07, 6.45) is 3.00. The van der Waals surface area contributed by atoms with Gasteiger partial charge < -0.3 is 14.4 Å². The number of carboxylic acid groups (broad SMARTS) is 1. The van der Waals surface area contributed by atoms with E-state index >= 15 is 0 Å². The fourth-order valence-electron chi connectivity index (χ4n) is 3.16. The molecule has 1 fully saturated rings. The van der Waals surface area contributed by atoms with Crippen LogP contribution in [-0.4, -0.2) is 27.9 Å². The Balaban J connectivity index is 1.97. The van der Waals surface area contributed by atoms with Gasteiger partial charge in [-0.25, -0.2) is 0 Å². The topological polar surface area (TPSA) is 70.7 Å². The van der Waals surface area contributed by atoms with Gasteiger partial charge in [0.15, 0.2) is 0 Å². The monoisotopic (exact) mass is 361 g/mol.